The van der Waals surface area contributed by atoms with E-state index in [0.717, 1.165) is 22.5 Å². The largest absolute Gasteiger partial charge is 0.311 e. The molecule has 2 aliphatic rings. The number of nitrogens with one attached hydrogen (secondary N) is 1. The lowest BCUT2D eigenvalue weighted by atomic mass is 9.72. The molecular formula is C22H19ClN4O2. The number of anilines is 2. The Balaban J connectivity index is 1.80. The van der Waals surface area contributed by atoms with E-state index in [4.69, 9.17) is 11.6 Å². The molecule has 146 valence electrons. The van der Waals surface area contributed by atoms with E-state index >= 15 is 0 Å². The van der Waals surface area contributed by atoms with Gasteiger partial charge in [0.05, 0.1) is 11.9 Å². The van der Waals surface area contributed by atoms with Crippen molar-refractivity contribution < 1.29 is 9.59 Å². The number of amides is 2. The maximum Gasteiger partial charge on any atom is 0.242 e. The van der Waals surface area contributed by atoms with Gasteiger partial charge >= 0.3 is 0 Å². The molecule has 5 rings (SSSR count). The normalized spacial score (nSPS) is 20.0. The third kappa shape index (κ3) is 2.32. The number of aryl methyl sites for hydroxylation is 1. The summed E-state index contributed by atoms with van der Waals surface area (Å²) < 4.78 is 1.70. The zero-order chi connectivity index (χ0) is 20.3. The molecule has 2 aliphatic heterocycles. The number of rotatable bonds is 2. The molecule has 0 saturated carbocycles. The average Bonchev–Trinajstić information content (AvgIpc) is 3.21. The highest BCUT2D eigenvalue weighted by Crippen LogP contribution is 2.53. The van der Waals surface area contributed by atoms with Gasteiger partial charge in [0.2, 0.25) is 11.8 Å². The van der Waals surface area contributed by atoms with E-state index in [1.165, 1.54) is 0 Å². The zero-order valence-corrected chi connectivity index (χ0v) is 16.8. The Morgan fingerprint density at radius 1 is 1.14 bits per heavy atom. The predicted molar refractivity (Wildman–Crippen MR) is 112 cm³/mol. The Hall–Kier alpha value is -3.12. The third-order valence-corrected chi connectivity index (χ3v) is 6.13. The summed E-state index contributed by atoms with van der Waals surface area (Å²) in [7, 11) is 0. The third-order valence-electron chi connectivity index (χ3n) is 5.89. The first kappa shape index (κ1) is 17.9. The molecule has 7 heteroatoms. The number of hydrogen-bond acceptors (Lipinski definition) is 3. The van der Waals surface area contributed by atoms with Crippen LogP contribution in [0.15, 0.2) is 48.7 Å². The topological polar surface area (TPSA) is 67.2 Å². The quantitative estimate of drug-likeness (QED) is 0.703. The zero-order valence-electron chi connectivity index (χ0n) is 16.1. The van der Waals surface area contributed by atoms with Crippen molar-refractivity contribution in [3.63, 3.8) is 0 Å². The molecular weight excluding hydrogens is 388 g/mol. The number of halogens is 1. The van der Waals surface area contributed by atoms with E-state index in [1.807, 2.05) is 44.2 Å². The molecule has 0 aliphatic carbocycles. The molecule has 1 aromatic heterocycles. The summed E-state index contributed by atoms with van der Waals surface area (Å²) in [6, 6.07) is 13.2. The van der Waals surface area contributed by atoms with Crippen LogP contribution in [0, 0.1) is 6.92 Å². The van der Waals surface area contributed by atoms with Gasteiger partial charge in [-0.3, -0.25) is 9.59 Å². The number of aromatic nitrogens is 2. The smallest absolute Gasteiger partial charge is 0.242 e. The predicted octanol–water partition coefficient (Wildman–Crippen LogP) is 3.83. The first-order valence-electron chi connectivity index (χ1n) is 9.53. The standard InChI is InChI=1S/C22H19ClN4O2/c1-3-26-18-9-8-14(23)10-15(18)22(21(26)29)11-19(28)25-20-16(22)12-24-27(20)17-7-5-4-6-13(17)2/h4-10,12H,3,11H2,1-2H3,(H,25,28)/t22-/m1/s1. The Morgan fingerprint density at radius 3 is 2.69 bits per heavy atom. The second-order valence-electron chi connectivity index (χ2n) is 7.45. The molecule has 1 atom stereocenters. The molecule has 3 heterocycles. The van der Waals surface area contributed by atoms with Crippen molar-refractivity contribution in [1.29, 1.82) is 0 Å². The van der Waals surface area contributed by atoms with Crippen LogP contribution in [0.2, 0.25) is 5.02 Å². The van der Waals surface area contributed by atoms with Crippen molar-refractivity contribution in [2.45, 2.75) is 25.7 Å². The molecule has 2 aromatic carbocycles. The fourth-order valence-electron chi connectivity index (χ4n) is 4.56. The number of carbonyl (C=O) groups is 2. The van der Waals surface area contributed by atoms with Crippen molar-refractivity contribution in [3.8, 4) is 5.69 Å². The molecule has 1 spiro atoms. The Bertz CT molecular complexity index is 1190. The van der Waals surface area contributed by atoms with Gasteiger partial charge in [-0.25, -0.2) is 4.68 Å². The molecule has 1 N–H and O–H groups in total. The van der Waals surface area contributed by atoms with Crippen LogP contribution >= 0.6 is 11.6 Å². The lowest BCUT2D eigenvalue weighted by Gasteiger charge is -2.32. The van der Waals surface area contributed by atoms with Gasteiger partial charge < -0.3 is 10.2 Å². The van der Waals surface area contributed by atoms with Gasteiger partial charge in [0.1, 0.15) is 11.2 Å². The van der Waals surface area contributed by atoms with Crippen molar-refractivity contribution in [2.75, 3.05) is 16.8 Å². The van der Waals surface area contributed by atoms with E-state index < -0.39 is 5.41 Å². The minimum Gasteiger partial charge on any atom is -0.311 e. The highest BCUT2D eigenvalue weighted by atomic mass is 35.5. The minimum absolute atomic E-state index is 0.0299. The van der Waals surface area contributed by atoms with Crippen molar-refractivity contribution >= 4 is 34.9 Å². The summed E-state index contributed by atoms with van der Waals surface area (Å²) >= 11 is 6.30. The summed E-state index contributed by atoms with van der Waals surface area (Å²) in [6.07, 6.45) is 1.73. The minimum atomic E-state index is -1.12. The van der Waals surface area contributed by atoms with Crippen LogP contribution in [0.3, 0.4) is 0 Å². The van der Waals surface area contributed by atoms with E-state index in [0.29, 0.717) is 22.9 Å². The molecule has 3 aromatic rings. The summed E-state index contributed by atoms with van der Waals surface area (Å²) in [5.41, 5.74) is 3.02. The molecule has 0 fully saturated rings. The molecule has 29 heavy (non-hydrogen) atoms. The van der Waals surface area contributed by atoms with Gasteiger partial charge in [-0.05, 0) is 49.2 Å². The SMILES string of the molecule is CCN1C(=O)[C@]2(CC(=O)Nc3c2cnn3-c2ccccc2C)c2cc(Cl)ccc21. The molecule has 6 nitrogen and oxygen atoms in total. The monoisotopic (exact) mass is 406 g/mol. The van der Waals surface area contributed by atoms with Gasteiger partial charge in [0, 0.05) is 29.2 Å². The molecule has 0 saturated heterocycles. The van der Waals surface area contributed by atoms with Gasteiger partial charge in [-0.2, -0.15) is 5.10 Å². The van der Waals surface area contributed by atoms with Crippen LogP contribution < -0.4 is 10.2 Å². The Kier molecular flexibility index (Phi) is 3.83. The number of benzene rings is 2. The Morgan fingerprint density at radius 2 is 1.93 bits per heavy atom. The number of nitrogens with zero attached hydrogens (tertiary/aromatic N) is 3. The maximum absolute atomic E-state index is 13.7. The van der Waals surface area contributed by atoms with Crippen LogP contribution in [0.4, 0.5) is 11.5 Å². The number of hydrogen-bond donors (Lipinski definition) is 1. The maximum atomic E-state index is 13.7. The van der Waals surface area contributed by atoms with Gasteiger partial charge in [0.15, 0.2) is 0 Å². The van der Waals surface area contributed by atoms with Crippen LogP contribution in [-0.2, 0) is 15.0 Å². The van der Waals surface area contributed by atoms with Crippen LogP contribution in [-0.4, -0.2) is 28.1 Å². The summed E-state index contributed by atoms with van der Waals surface area (Å²) in [5, 5.41) is 8.04. The second kappa shape index (κ2) is 6.19. The van der Waals surface area contributed by atoms with E-state index in [9.17, 15) is 9.59 Å². The van der Waals surface area contributed by atoms with Gasteiger partial charge in [0.25, 0.3) is 0 Å². The highest BCUT2D eigenvalue weighted by molar-refractivity contribution is 6.31. The van der Waals surface area contributed by atoms with Crippen molar-refractivity contribution in [2.24, 2.45) is 0 Å². The first-order chi connectivity index (χ1) is 14.0. The lowest BCUT2D eigenvalue weighted by Crippen LogP contribution is -2.46. The Labute approximate surface area is 173 Å². The average molecular weight is 407 g/mol. The fourth-order valence-corrected chi connectivity index (χ4v) is 4.73. The van der Waals surface area contributed by atoms with Crippen LogP contribution in [0.5, 0.6) is 0 Å². The number of carbonyl (C=O) groups excluding carboxylic acids is 2. The van der Waals surface area contributed by atoms with E-state index in [1.54, 1.807) is 27.9 Å². The van der Waals surface area contributed by atoms with Crippen molar-refractivity contribution in [3.05, 3.63) is 70.4 Å². The van der Waals surface area contributed by atoms with E-state index in [-0.39, 0.29) is 18.2 Å². The fraction of sp³-hybridized carbons (Fsp3) is 0.227. The number of likely N-dealkylation sites (N-methyl/N-ethyl adjacent to an activating group) is 1. The van der Waals surface area contributed by atoms with E-state index in [2.05, 4.69) is 10.4 Å². The summed E-state index contributed by atoms with van der Waals surface area (Å²) in [6.45, 7) is 4.42. The van der Waals surface area contributed by atoms with Gasteiger partial charge in [-0.1, -0.05) is 29.8 Å². The second-order valence-corrected chi connectivity index (χ2v) is 7.88. The molecule has 0 unspecified atom stereocenters. The number of para-hydroxylation sites is 1. The molecule has 0 radical (unpaired) electrons. The van der Waals surface area contributed by atoms with Crippen LogP contribution in [0.1, 0.15) is 30.0 Å². The molecule has 2 amide bonds. The van der Waals surface area contributed by atoms with Gasteiger partial charge in [-0.15, -0.1) is 0 Å². The van der Waals surface area contributed by atoms with Crippen LogP contribution in [0.25, 0.3) is 5.69 Å². The summed E-state index contributed by atoms with van der Waals surface area (Å²) in [5.74, 6) is 0.204. The highest BCUT2D eigenvalue weighted by Gasteiger charge is 2.57. The first-order valence-corrected chi connectivity index (χ1v) is 9.91. The summed E-state index contributed by atoms with van der Waals surface area (Å²) in [4.78, 5) is 28.2. The van der Waals surface area contributed by atoms with Crippen molar-refractivity contribution in [1.82, 2.24) is 9.78 Å². The molecule has 0 bridgehead atoms. The number of fused-ring (bicyclic) bond motifs is 4. The lowest BCUT2D eigenvalue weighted by molar-refractivity contribution is -0.126.